The van der Waals surface area contributed by atoms with Crippen LogP contribution in [0.3, 0.4) is 0 Å². The van der Waals surface area contributed by atoms with Gasteiger partial charge in [0.15, 0.2) is 0 Å². The molecule has 3 heteroatoms. The maximum absolute atomic E-state index is 6.00. The van der Waals surface area contributed by atoms with E-state index in [9.17, 15) is 0 Å². The zero-order valence-electron chi connectivity index (χ0n) is 9.85. The molecule has 0 aliphatic heterocycles. The molecule has 0 aliphatic carbocycles. The number of benzene rings is 1. The molecule has 1 aromatic carbocycles. The average molecular weight is 221 g/mol. The van der Waals surface area contributed by atoms with Crippen molar-refractivity contribution in [2.24, 2.45) is 5.73 Å². The van der Waals surface area contributed by atoms with Crippen molar-refractivity contribution < 1.29 is 9.47 Å². The normalized spacial score (nSPS) is 13.9. The minimum absolute atomic E-state index is 0.0281. The fourth-order valence-corrected chi connectivity index (χ4v) is 1.45. The third-order valence-electron chi connectivity index (χ3n) is 2.54. The van der Waals surface area contributed by atoms with Gasteiger partial charge in [0.25, 0.3) is 0 Å². The lowest BCUT2D eigenvalue weighted by atomic mass is 10.0. The Kier molecular flexibility index (Phi) is 4.86. The van der Waals surface area contributed by atoms with Gasteiger partial charge in [-0.25, -0.2) is 0 Å². The van der Waals surface area contributed by atoms with Gasteiger partial charge in [-0.2, -0.15) is 0 Å². The van der Waals surface area contributed by atoms with E-state index in [2.05, 4.69) is 6.58 Å². The summed E-state index contributed by atoms with van der Waals surface area (Å²) in [6.07, 6.45) is 2.18. The summed E-state index contributed by atoms with van der Waals surface area (Å²) in [7, 11) is 1.65. The molecule has 0 spiro atoms. The Balaban J connectivity index is 2.55. The molecule has 16 heavy (non-hydrogen) atoms. The first-order valence-electron chi connectivity index (χ1n) is 5.32. The molecular formula is C13H19NO2. The summed E-state index contributed by atoms with van der Waals surface area (Å²) in [5, 5.41) is 0. The molecule has 0 fully saturated rings. The second kappa shape index (κ2) is 6.18. The van der Waals surface area contributed by atoms with E-state index in [1.54, 1.807) is 7.11 Å². The number of hydrogen-bond acceptors (Lipinski definition) is 3. The van der Waals surface area contributed by atoms with Crippen LogP contribution in [0.4, 0.5) is 0 Å². The van der Waals surface area contributed by atoms with Gasteiger partial charge < -0.3 is 15.2 Å². The molecule has 0 aliphatic rings. The molecule has 1 aromatic rings. The zero-order chi connectivity index (χ0) is 12.0. The van der Waals surface area contributed by atoms with Gasteiger partial charge in [-0.1, -0.05) is 18.7 Å². The monoisotopic (exact) mass is 221 g/mol. The molecule has 2 atom stereocenters. The second-order valence-electron chi connectivity index (χ2n) is 3.72. The summed E-state index contributed by atoms with van der Waals surface area (Å²) in [6, 6.07) is 7.85. The van der Waals surface area contributed by atoms with Crippen LogP contribution >= 0.6 is 0 Å². The molecule has 0 heterocycles. The highest BCUT2D eigenvalue weighted by Gasteiger charge is 2.13. The van der Waals surface area contributed by atoms with Crippen LogP contribution in [0.25, 0.3) is 0 Å². The van der Waals surface area contributed by atoms with E-state index in [4.69, 9.17) is 15.2 Å². The van der Waals surface area contributed by atoms with E-state index < -0.39 is 0 Å². The molecule has 0 saturated heterocycles. The minimum Gasteiger partial charge on any atom is -0.497 e. The first-order chi connectivity index (χ1) is 7.67. The lowest BCUT2D eigenvalue weighted by molar-refractivity contribution is 0.135. The minimum atomic E-state index is -0.0357. The van der Waals surface area contributed by atoms with Crippen LogP contribution in [0, 0.1) is 0 Å². The van der Waals surface area contributed by atoms with Crippen LogP contribution < -0.4 is 10.5 Å². The summed E-state index contributed by atoms with van der Waals surface area (Å²) in [6.45, 7) is 5.46. The molecule has 88 valence electrons. The van der Waals surface area contributed by atoms with Crippen molar-refractivity contribution in [3.05, 3.63) is 42.7 Å². The summed E-state index contributed by atoms with van der Waals surface area (Å²) >= 11 is 0. The van der Waals surface area contributed by atoms with Crippen LogP contribution in [-0.2, 0) is 11.2 Å². The fraction of sp³-hybridized carbons (Fsp3) is 0.385. The van der Waals surface area contributed by atoms with Crippen molar-refractivity contribution in [1.29, 1.82) is 0 Å². The number of ether oxygens (including phenoxy) is 2. The topological polar surface area (TPSA) is 44.5 Å². The van der Waals surface area contributed by atoms with E-state index in [0.29, 0.717) is 0 Å². The van der Waals surface area contributed by atoms with E-state index in [-0.39, 0.29) is 12.1 Å². The molecule has 2 N–H and O–H groups in total. The molecule has 0 amide bonds. The lowest BCUT2D eigenvalue weighted by Crippen LogP contribution is -2.35. The van der Waals surface area contributed by atoms with E-state index in [0.717, 1.165) is 12.2 Å². The Morgan fingerprint density at radius 2 is 2.00 bits per heavy atom. The van der Waals surface area contributed by atoms with Crippen molar-refractivity contribution >= 4 is 0 Å². The highest BCUT2D eigenvalue weighted by atomic mass is 16.5. The van der Waals surface area contributed by atoms with Gasteiger partial charge in [-0.3, -0.25) is 0 Å². The number of methoxy groups -OCH3 is 1. The Labute approximate surface area is 96.9 Å². The smallest absolute Gasteiger partial charge is 0.118 e. The van der Waals surface area contributed by atoms with Crippen molar-refractivity contribution in [1.82, 2.24) is 0 Å². The Morgan fingerprint density at radius 1 is 1.38 bits per heavy atom. The van der Waals surface area contributed by atoms with Gasteiger partial charge in [0.05, 0.1) is 13.4 Å². The van der Waals surface area contributed by atoms with E-state index >= 15 is 0 Å². The SMILES string of the molecule is C=COC(C)C(N)Cc1ccc(OC)cc1. The molecule has 0 aromatic heterocycles. The summed E-state index contributed by atoms with van der Waals surface area (Å²) in [4.78, 5) is 0. The third-order valence-corrected chi connectivity index (χ3v) is 2.54. The van der Waals surface area contributed by atoms with Crippen LogP contribution in [-0.4, -0.2) is 19.3 Å². The van der Waals surface area contributed by atoms with Crippen molar-refractivity contribution in [3.8, 4) is 5.75 Å². The maximum atomic E-state index is 6.00. The average Bonchev–Trinajstić information content (AvgIpc) is 2.30. The highest BCUT2D eigenvalue weighted by molar-refractivity contribution is 5.27. The summed E-state index contributed by atoms with van der Waals surface area (Å²) in [5.74, 6) is 0.854. The van der Waals surface area contributed by atoms with Crippen molar-refractivity contribution in [2.45, 2.75) is 25.5 Å². The van der Waals surface area contributed by atoms with Crippen LogP contribution in [0.5, 0.6) is 5.75 Å². The molecule has 0 radical (unpaired) electrons. The molecule has 2 unspecified atom stereocenters. The first kappa shape index (κ1) is 12.6. The van der Waals surface area contributed by atoms with Gasteiger partial charge in [-0.05, 0) is 31.0 Å². The predicted molar refractivity (Wildman–Crippen MR) is 65.4 cm³/mol. The maximum Gasteiger partial charge on any atom is 0.118 e. The predicted octanol–water partition coefficient (Wildman–Crippen LogP) is 2.11. The second-order valence-corrected chi connectivity index (χ2v) is 3.72. The van der Waals surface area contributed by atoms with Crippen LogP contribution in [0.15, 0.2) is 37.1 Å². The highest BCUT2D eigenvalue weighted by Crippen LogP contribution is 2.13. The first-order valence-corrected chi connectivity index (χ1v) is 5.32. The quantitative estimate of drug-likeness (QED) is 0.748. The third kappa shape index (κ3) is 3.59. The Bertz CT molecular complexity index is 321. The molecule has 1 rings (SSSR count). The van der Waals surface area contributed by atoms with E-state index in [1.165, 1.54) is 11.8 Å². The number of rotatable bonds is 6. The Hall–Kier alpha value is -1.48. The standard InChI is InChI=1S/C13H19NO2/c1-4-16-10(2)13(14)9-11-5-7-12(15-3)8-6-11/h4-8,10,13H,1,9,14H2,2-3H3. The fourth-order valence-electron chi connectivity index (χ4n) is 1.45. The Morgan fingerprint density at radius 3 is 2.50 bits per heavy atom. The molecule has 0 bridgehead atoms. The molecular weight excluding hydrogens is 202 g/mol. The van der Waals surface area contributed by atoms with Crippen LogP contribution in [0.1, 0.15) is 12.5 Å². The number of hydrogen-bond donors (Lipinski definition) is 1. The van der Waals surface area contributed by atoms with E-state index in [1.807, 2.05) is 31.2 Å². The molecule has 3 nitrogen and oxygen atoms in total. The van der Waals surface area contributed by atoms with Crippen molar-refractivity contribution in [2.75, 3.05) is 7.11 Å². The number of nitrogens with two attached hydrogens (primary N) is 1. The van der Waals surface area contributed by atoms with Crippen LogP contribution in [0.2, 0.25) is 0 Å². The van der Waals surface area contributed by atoms with Gasteiger partial charge in [0.1, 0.15) is 11.9 Å². The molecule has 0 saturated carbocycles. The van der Waals surface area contributed by atoms with Gasteiger partial charge in [0.2, 0.25) is 0 Å². The lowest BCUT2D eigenvalue weighted by Gasteiger charge is -2.19. The van der Waals surface area contributed by atoms with Gasteiger partial charge in [-0.15, -0.1) is 0 Å². The van der Waals surface area contributed by atoms with Crippen molar-refractivity contribution in [3.63, 3.8) is 0 Å². The summed E-state index contributed by atoms with van der Waals surface area (Å²) < 4.78 is 10.3. The van der Waals surface area contributed by atoms with Gasteiger partial charge in [0, 0.05) is 6.04 Å². The van der Waals surface area contributed by atoms with Gasteiger partial charge >= 0.3 is 0 Å². The largest absolute Gasteiger partial charge is 0.497 e. The summed E-state index contributed by atoms with van der Waals surface area (Å²) in [5.41, 5.74) is 7.18. The zero-order valence-corrected chi connectivity index (χ0v) is 9.85.